The molecule has 106 valence electrons. The Morgan fingerprint density at radius 2 is 1.94 bits per heavy atom. The molecule has 2 aliphatic rings. The number of ether oxygens (including phenoxy) is 1. The first-order chi connectivity index (χ1) is 8.55. The Balaban J connectivity index is 2.11. The molecule has 0 aromatic rings. The molecule has 1 heterocycles. The van der Waals surface area contributed by atoms with Gasteiger partial charge in [0.15, 0.2) is 0 Å². The van der Waals surface area contributed by atoms with Crippen molar-refractivity contribution in [2.45, 2.75) is 56.4 Å². The molecule has 0 aromatic heterocycles. The lowest BCUT2D eigenvalue weighted by Crippen LogP contribution is -2.54. The van der Waals surface area contributed by atoms with Gasteiger partial charge < -0.3 is 4.74 Å². The van der Waals surface area contributed by atoms with Crippen LogP contribution in [0.1, 0.15) is 39.0 Å². The third-order valence-corrected chi connectivity index (χ3v) is 6.74. The van der Waals surface area contributed by atoms with Crippen LogP contribution in [0.4, 0.5) is 0 Å². The van der Waals surface area contributed by atoms with Crippen molar-refractivity contribution < 1.29 is 13.2 Å². The predicted octanol–water partition coefficient (Wildman–Crippen LogP) is 1.98. The average Bonchev–Trinajstić information content (AvgIpc) is 2.40. The minimum Gasteiger partial charge on any atom is -0.374 e. The number of sulfonamides is 1. The maximum Gasteiger partial charge on any atom is 0.217 e. The van der Waals surface area contributed by atoms with Crippen molar-refractivity contribution in [1.82, 2.24) is 4.31 Å². The van der Waals surface area contributed by atoms with E-state index in [4.69, 9.17) is 16.3 Å². The molecule has 0 bridgehead atoms. The van der Waals surface area contributed by atoms with E-state index in [1.165, 1.54) is 0 Å². The second-order valence-electron chi connectivity index (χ2n) is 5.33. The van der Waals surface area contributed by atoms with Gasteiger partial charge in [-0.25, -0.2) is 8.42 Å². The quantitative estimate of drug-likeness (QED) is 0.748. The van der Waals surface area contributed by atoms with Gasteiger partial charge in [0.05, 0.1) is 18.0 Å². The van der Waals surface area contributed by atoms with Crippen LogP contribution in [0.15, 0.2) is 0 Å². The van der Waals surface area contributed by atoms with Crippen LogP contribution in [0.3, 0.4) is 0 Å². The minimum absolute atomic E-state index is 0.0728. The van der Waals surface area contributed by atoms with E-state index in [1.54, 1.807) is 4.31 Å². The van der Waals surface area contributed by atoms with Crippen LogP contribution in [-0.2, 0) is 14.8 Å². The van der Waals surface area contributed by atoms with Gasteiger partial charge in [-0.3, -0.25) is 0 Å². The summed E-state index contributed by atoms with van der Waals surface area (Å²) in [4.78, 5) is 0. The highest BCUT2D eigenvalue weighted by Crippen LogP contribution is 2.28. The number of alkyl halides is 1. The summed E-state index contributed by atoms with van der Waals surface area (Å²) >= 11 is 5.78. The van der Waals surface area contributed by atoms with Crippen molar-refractivity contribution >= 4 is 21.6 Å². The number of hydrogen-bond donors (Lipinski definition) is 0. The standard InChI is InChI=1S/C12H22ClNO3S/c1-10-9-17-11(7-13)8-14(10)18(15,16)12-5-3-2-4-6-12/h10-12H,2-9H2,1H3. The first-order valence-electron chi connectivity index (χ1n) is 6.74. The zero-order valence-electron chi connectivity index (χ0n) is 10.8. The summed E-state index contributed by atoms with van der Waals surface area (Å²) in [5.74, 6) is 0.351. The molecule has 0 aromatic carbocycles. The fourth-order valence-corrected chi connectivity index (χ4v) is 5.23. The van der Waals surface area contributed by atoms with Gasteiger partial charge in [-0.2, -0.15) is 4.31 Å². The van der Waals surface area contributed by atoms with E-state index >= 15 is 0 Å². The SMILES string of the molecule is CC1COC(CCl)CN1S(=O)(=O)C1CCCCC1. The highest BCUT2D eigenvalue weighted by atomic mass is 35.5. The molecule has 0 spiro atoms. The summed E-state index contributed by atoms with van der Waals surface area (Å²) in [6.45, 7) is 2.76. The lowest BCUT2D eigenvalue weighted by atomic mass is 10.0. The Bertz CT molecular complexity index is 368. The Morgan fingerprint density at radius 3 is 2.56 bits per heavy atom. The number of halogens is 1. The molecule has 2 rings (SSSR count). The molecular formula is C12H22ClNO3S. The van der Waals surface area contributed by atoms with Gasteiger partial charge in [-0.05, 0) is 19.8 Å². The average molecular weight is 296 g/mol. The van der Waals surface area contributed by atoms with E-state index in [0.29, 0.717) is 19.0 Å². The van der Waals surface area contributed by atoms with Gasteiger partial charge in [0.1, 0.15) is 0 Å². The van der Waals surface area contributed by atoms with Gasteiger partial charge >= 0.3 is 0 Å². The monoisotopic (exact) mass is 295 g/mol. The Hall–Kier alpha value is 0.160. The van der Waals surface area contributed by atoms with Crippen LogP contribution in [0.2, 0.25) is 0 Å². The van der Waals surface area contributed by atoms with E-state index < -0.39 is 10.0 Å². The molecule has 0 radical (unpaired) electrons. The van der Waals surface area contributed by atoms with Crippen molar-refractivity contribution in [3.8, 4) is 0 Å². The van der Waals surface area contributed by atoms with Crippen LogP contribution >= 0.6 is 11.6 Å². The zero-order chi connectivity index (χ0) is 13.2. The smallest absolute Gasteiger partial charge is 0.217 e. The molecule has 2 fully saturated rings. The van der Waals surface area contributed by atoms with Crippen molar-refractivity contribution in [3.05, 3.63) is 0 Å². The van der Waals surface area contributed by atoms with Crippen LogP contribution < -0.4 is 0 Å². The lowest BCUT2D eigenvalue weighted by Gasteiger charge is -2.39. The molecule has 4 nitrogen and oxygen atoms in total. The third-order valence-electron chi connectivity index (χ3n) is 3.92. The first kappa shape index (κ1) is 14.6. The fourth-order valence-electron chi connectivity index (χ4n) is 2.79. The fraction of sp³-hybridized carbons (Fsp3) is 1.00. The first-order valence-corrected chi connectivity index (χ1v) is 8.77. The highest BCUT2D eigenvalue weighted by Gasteiger charge is 2.39. The summed E-state index contributed by atoms with van der Waals surface area (Å²) in [5, 5.41) is -0.192. The largest absolute Gasteiger partial charge is 0.374 e. The molecular weight excluding hydrogens is 274 g/mol. The van der Waals surface area contributed by atoms with Crippen molar-refractivity contribution in [2.24, 2.45) is 0 Å². The molecule has 18 heavy (non-hydrogen) atoms. The molecule has 2 unspecified atom stereocenters. The Kier molecular flexibility index (Phi) is 4.92. The summed E-state index contributed by atoms with van der Waals surface area (Å²) < 4.78 is 32.4. The molecule has 1 saturated carbocycles. The molecule has 6 heteroatoms. The van der Waals surface area contributed by atoms with E-state index in [9.17, 15) is 8.42 Å². The molecule has 0 N–H and O–H groups in total. The van der Waals surface area contributed by atoms with Gasteiger partial charge in [-0.15, -0.1) is 11.6 Å². The van der Waals surface area contributed by atoms with Gasteiger partial charge in [0.25, 0.3) is 0 Å². The van der Waals surface area contributed by atoms with Crippen LogP contribution in [0.25, 0.3) is 0 Å². The number of morpholine rings is 1. The second kappa shape index (κ2) is 6.07. The van der Waals surface area contributed by atoms with E-state index in [1.807, 2.05) is 6.92 Å². The van der Waals surface area contributed by atoms with Gasteiger partial charge in [0, 0.05) is 18.5 Å². The number of rotatable bonds is 3. The molecule has 2 atom stereocenters. The Labute approximate surface area is 115 Å². The second-order valence-corrected chi connectivity index (χ2v) is 7.81. The zero-order valence-corrected chi connectivity index (χ0v) is 12.4. The maximum absolute atomic E-state index is 12.6. The summed E-state index contributed by atoms with van der Waals surface area (Å²) in [6.07, 6.45) is 4.66. The predicted molar refractivity (Wildman–Crippen MR) is 72.4 cm³/mol. The summed E-state index contributed by atoms with van der Waals surface area (Å²) in [7, 11) is -3.18. The van der Waals surface area contributed by atoms with Gasteiger partial charge in [-0.1, -0.05) is 19.3 Å². The maximum atomic E-state index is 12.6. The van der Waals surface area contributed by atoms with Crippen LogP contribution in [0, 0.1) is 0 Å². The van der Waals surface area contributed by atoms with Crippen molar-refractivity contribution in [3.63, 3.8) is 0 Å². The molecule has 0 amide bonds. The molecule has 1 aliphatic heterocycles. The molecule has 1 saturated heterocycles. The number of nitrogens with zero attached hydrogens (tertiary/aromatic N) is 1. The third kappa shape index (κ3) is 3.00. The van der Waals surface area contributed by atoms with Crippen LogP contribution in [-0.4, -0.2) is 49.2 Å². The minimum atomic E-state index is -3.18. The molecule has 1 aliphatic carbocycles. The van der Waals surface area contributed by atoms with Crippen molar-refractivity contribution in [2.75, 3.05) is 19.0 Å². The lowest BCUT2D eigenvalue weighted by molar-refractivity contribution is -0.0156. The van der Waals surface area contributed by atoms with E-state index in [2.05, 4.69) is 0 Å². The van der Waals surface area contributed by atoms with Crippen LogP contribution in [0.5, 0.6) is 0 Å². The van der Waals surface area contributed by atoms with E-state index in [-0.39, 0.29) is 17.4 Å². The summed E-state index contributed by atoms with van der Waals surface area (Å²) in [6, 6.07) is -0.0728. The van der Waals surface area contributed by atoms with Gasteiger partial charge in [0.2, 0.25) is 10.0 Å². The number of hydrogen-bond acceptors (Lipinski definition) is 3. The van der Waals surface area contributed by atoms with E-state index in [0.717, 1.165) is 32.1 Å². The summed E-state index contributed by atoms with van der Waals surface area (Å²) in [5.41, 5.74) is 0. The van der Waals surface area contributed by atoms with Crippen molar-refractivity contribution in [1.29, 1.82) is 0 Å². The Morgan fingerprint density at radius 1 is 1.28 bits per heavy atom. The highest BCUT2D eigenvalue weighted by molar-refractivity contribution is 7.89. The normalized spacial score (nSPS) is 32.6. The topological polar surface area (TPSA) is 46.6 Å².